The summed E-state index contributed by atoms with van der Waals surface area (Å²) in [6, 6.07) is 0.439. The molecule has 2 rings (SSSR count). The van der Waals surface area contributed by atoms with Gasteiger partial charge in [0, 0.05) is 45.3 Å². The minimum atomic E-state index is 0.190. The van der Waals surface area contributed by atoms with Crippen molar-refractivity contribution in [1.82, 2.24) is 20.4 Å². The second-order valence-corrected chi connectivity index (χ2v) is 5.88. The quantitative estimate of drug-likeness (QED) is 0.705. The highest BCUT2D eigenvalue weighted by atomic mass is 16.2. The molecular formula is C14H28N4O. The number of piperazine rings is 1. The van der Waals surface area contributed by atoms with Crippen molar-refractivity contribution in [2.45, 2.75) is 31.7 Å². The number of likely N-dealkylation sites (N-methyl/N-ethyl adjacent to an activating group) is 1. The van der Waals surface area contributed by atoms with Gasteiger partial charge in [0.1, 0.15) is 0 Å². The summed E-state index contributed by atoms with van der Waals surface area (Å²) in [5.41, 5.74) is 0. The molecule has 1 heterocycles. The van der Waals surface area contributed by atoms with E-state index in [1.807, 2.05) is 7.05 Å². The van der Waals surface area contributed by atoms with Gasteiger partial charge in [-0.25, -0.2) is 0 Å². The fourth-order valence-electron chi connectivity index (χ4n) is 2.91. The summed E-state index contributed by atoms with van der Waals surface area (Å²) in [4.78, 5) is 16.5. The molecule has 0 aromatic carbocycles. The summed E-state index contributed by atoms with van der Waals surface area (Å²) in [7, 11) is 2.04. The Morgan fingerprint density at radius 3 is 2.68 bits per heavy atom. The summed E-state index contributed by atoms with van der Waals surface area (Å²) in [6.07, 6.45) is 4.86. The Hall–Kier alpha value is -0.650. The van der Waals surface area contributed by atoms with Gasteiger partial charge in [0.2, 0.25) is 5.91 Å². The number of amides is 1. The van der Waals surface area contributed by atoms with Crippen molar-refractivity contribution in [1.29, 1.82) is 0 Å². The molecule has 0 aromatic rings. The Morgan fingerprint density at radius 2 is 2.00 bits per heavy atom. The molecule has 0 aromatic heterocycles. The van der Waals surface area contributed by atoms with Crippen molar-refractivity contribution < 1.29 is 4.79 Å². The first-order valence-electron chi connectivity index (χ1n) is 7.65. The normalized spacial score (nSPS) is 22.0. The minimum absolute atomic E-state index is 0.190. The van der Waals surface area contributed by atoms with E-state index < -0.39 is 0 Å². The van der Waals surface area contributed by atoms with Gasteiger partial charge >= 0.3 is 0 Å². The van der Waals surface area contributed by atoms with Crippen LogP contribution in [0, 0.1) is 0 Å². The lowest BCUT2D eigenvalue weighted by molar-refractivity contribution is -0.122. The van der Waals surface area contributed by atoms with Crippen LogP contribution in [-0.2, 0) is 4.79 Å². The van der Waals surface area contributed by atoms with E-state index in [4.69, 9.17) is 0 Å². The molecule has 5 heteroatoms. The molecule has 0 unspecified atom stereocenters. The van der Waals surface area contributed by atoms with E-state index in [-0.39, 0.29) is 5.91 Å². The first-order valence-corrected chi connectivity index (χ1v) is 7.65. The molecule has 0 spiro atoms. The molecule has 19 heavy (non-hydrogen) atoms. The van der Waals surface area contributed by atoms with Crippen molar-refractivity contribution in [3.8, 4) is 0 Å². The second kappa shape index (κ2) is 7.82. The van der Waals surface area contributed by atoms with Crippen molar-refractivity contribution >= 4 is 5.91 Å². The first-order chi connectivity index (χ1) is 9.24. The van der Waals surface area contributed by atoms with Crippen LogP contribution in [-0.4, -0.2) is 74.6 Å². The predicted octanol–water partition coefficient (Wildman–Crippen LogP) is -0.118. The van der Waals surface area contributed by atoms with E-state index in [1.165, 1.54) is 12.8 Å². The van der Waals surface area contributed by atoms with Gasteiger partial charge in [0.25, 0.3) is 0 Å². The highest BCUT2D eigenvalue weighted by Gasteiger charge is 2.18. The lowest BCUT2D eigenvalue weighted by Gasteiger charge is -2.29. The average molecular weight is 268 g/mol. The fourth-order valence-corrected chi connectivity index (χ4v) is 2.91. The maximum atomic E-state index is 11.9. The zero-order valence-electron chi connectivity index (χ0n) is 12.2. The molecule has 110 valence electrons. The summed E-state index contributed by atoms with van der Waals surface area (Å²) in [5, 5.41) is 6.50. The summed E-state index contributed by atoms with van der Waals surface area (Å²) >= 11 is 0. The van der Waals surface area contributed by atoms with E-state index >= 15 is 0 Å². The molecule has 0 bridgehead atoms. The maximum Gasteiger partial charge on any atom is 0.234 e. The van der Waals surface area contributed by atoms with Crippen molar-refractivity contribution in [2.75, 3.05) is 52.9 Å². The minimum Gasteiger partial charge on any atom is -0.352 e. The Labute approximate surface area is 116 Å². The largest absolute Gasteiger partial charge is 0.352 e. The molecule has 1 aliphatic heterocycles. The number of carbonyl (C=O) groups excluding carboxylic acids is 1. The Balaban J connectivity index is 1.57. The predicted molar refractivity (Wildman–Crippen MR) is 77.2 cm³/mol. The highest BCUT2D eigenvalue weighted by molar-refractivity contribution is 5.78. The molecule has 1 aliphatic carbocycles. The number of carbonyl (C=O) groups is 1. The summed E-state index contributed by atoms with van der Waals surface area (Å²) in [5.74, 6) is 0.190. The first kappa shape index (κ1) is 14.8. The van der Waals surface area contributed by atoms with E-state index in [2.05, 4.69) is 20.4 Å². The number of hydrogen-bond donors (Lipinski definition) is 2. The van der Waals surface area contributed by atoms with Crippen LogP contribution in [0.25, 0.3) is 0 Å². The van der Waals surface area contributed by atoms with Crippen molar-refractivity contribution in [3.63, 3.8) is 0 Å². The van der Waals surface area contributed by atoms with Crippen LogP contribution >= 0.6 is 0 Å². The third-order valence-corrected chi connectivity index (χ3v) is 4.14. The Morgan fingerprint density at radius 1 is 1.32 bits per heavy atom. The Bertz CT molecular complexity index is 273. The topological polar surface area (TPSA) is 47.6 Å². The monoisotopic (exact) mass is 268 g/mol. The lowest BCUT2D eigenvalue weighted by atomic mass is 10.2. The SMILES string of the molecule is CN(CCN1CCNCC1)CC(=O)NC1CCCC1. The van der Waals surface area contributed by atoms with Gasteiger partial charge in [0.05, 0.1) is 6.54 Å². The van der Waals surface area contributed by atoms with Crippen LogP contribution < -0.4 is 10.6 Å². The second-order valence-electron chi connectivity index (χ2n) is 5.88. The van der Waals surface area contributed by atoms with Gasteiger partial charge < -0.3 is 10.6 Å². The van der Waals surface area contributed by atoms with Crippen molar-refractivity contribution in [3.05, 3.63) is 0 Å². The highest BCUT2D eigenvalue weighted by Crippen LogP contribution is 2.17. The van der Waals surface area contributed by atoms with Crippen LogP contribution in [0.5, 0.6) is 0 Å². The number of rotatable bonds is 6. The van der Waals surface area contributed by atoms with Crippen LogP contribution in [0.3, 0.4) is 0 Å². The number of nitrogens with one attached hydrogen (secondary N) is 2. The van der Waals surface area contributed by atoms with Gasteiger partial charge in [-0.2, -0.15) is 0 Å². The molecule has 1 saturated carbocycles. The molecule has 0 radical (unpaired) electrons. The van der Waals surface area contributed by atoms with Gasteiger partial charge in [-0.15, -0.1) is 0 Å². The zero-order valence-corrected chi connectivity index (χ0v) is 12.2. The number of hydrogen-bond acceptors (Lipinski definition) is 4. The zero-order chi connectivity index (χ0) is 13.5. The fraction of sp³-hybridized carbons (Fsp3) is 0.929. The van der Waals surface area contributed by atoms with Crippen LogP contribution in [0.1, 0.15) is 25.7 Å². The molecule has 2 aliphatic rings. The van der Waals surface area contributed by atoms with E-state index in [9.17, 15) is 4.79 Å². The van der Waals surface area contributed by atoms with E-state index in [0.29, 0.717) is 12.6 Å². The Kier molecular flexibility index (Phi) is 6.07. The van der Waals surface area contributed by atoms with Gasteiger partial charge in [0.15, 0.2) is 0 Å². The van der Waals surface area contributed by atoms with E-state index in [1.54, 1.807) is 0 Å². The van der Waals surface area contributed by atoms with Crippen LogP contribution in [0.4, 0.5) is 0 Å². The molecular weight excluding hydrogens is 240 g/mol. The van der Waals surface area contributed by atoms with Crippen LogP contribution in [0.15, 0.2) is 0 Å². The molecule has 1 saturated heterocycles. The molecule has 2 fully saturated rings. The standard InChI is InChI=1S/C14H28N4O/c1-17(10-11-18-8-6-15-7-9-18)12-14(19)16-13-4-2-3-5-13/h13,15H,2-12H2,1H3,(H,16,19). The lowest BCUT2D eigenvalue weighted by Crippen LogP contribution is -2.47. The third kappa shape index (κ3) is 5.47. The van der Waals surface area contributed by atoms with E-state index in [0.717, 1.165) is 52.1 Å². The van der Waals surface area contributed by atoms with Crippen LogP contribution in [0.2, 0.25) is 0 Å². The third-order valence-electron chi connectivity index (χ3n) is 4.14. The van der Waals surface area contributed by atoms with Gasteiger partial charge in [-0.1, -0.05) is 12.8 Å². The number of nitrogens with zero attached hydrogens (tertiary/aromatic N) is 2. The van der Waals surface area contributed by atoms with Gasteiger partial charge in [-0.05, 0) is 19.9 Å². The smallest absolute Gasteiger partial charge is 0.234 e. The molecule has 2 N–H and O–H groups in total. The maximum absolute atomic E-state index is 11.9. The molecule has 0 atom stereocenters. The summed E-state index contributed by atoms with van der Waals surface area (Å²) in [6.45, 7) is 7.00. The summed E-state index contributed by atoms with van der Waals surface area (Å²) < 4.78 is 0. The average Bonchev–Trinajstić information content (AvgIpc) is 2.90. The molecule has 5 nitrogen and oxygen atoms in total. The molecule has 1 amide bonds. The van der Waals surface area contributed by atoms with Gasteiger partial charge in [-0.3, -0.25) is 14.6 Å². The van der Waals surface area contributed by atoms with Crippen molar-refractivity contribution in [2.24, 2.45) is 0 Å².